The number of non-ortho nitro benzene ring substituents is 1. The maximum absolute atomic E-state index is 12.1. The quantitative estimate of drug-likeness (QED) is 0.244. The van der Waals surface area contributed by atoms with Crippen LogP contribution in [0.4, 0.5) is 5.69 Å². The number of benzene rings is 1. The average molecular weight is 346 g/mol. The number of hydrogen-bond donors (Lipinski definition) is 4. The number of hydrogen-bond acceptors (Lipinski definition) is 7. The van der Waals surface area contributed by atoms with Crippen molar-refractivity contribution < 1.29 is 23.2 Å². The van der Waals surface area contributed by atoms with E-state index in [1.54, 1.807) is 0 Å². The predicted octanol–water partition coefficient (Wildman–Crippen LogP) is -0.735. The molecule has 23 heavy (non-hydrogen) atoms. The second-order valence-electron chi connectivity index (χ2n) is 4.61. The number of sulfonamides is 1. The lowest BCUT2D eigenvalue weighted by molar-refractivity contribution is -0.384. The van der Waals surface area contributed by atoms with E-state index in [2.05, 4.69) is 5.32 Å². The predicted molar refractivity (Wildman–Crippen MR) is 81.4 cm³/mol. The van der Waals surface area contributed by atoms with E-state index in [1.807, 2.05) is 4.72 Å². The van der Waals surface area contributed by atoms with E-state index in [4.69, 9.17) is 10.8 Å². The Labute approximate surface area is 132 Å². The van der Waals surface area contributed by atoms with Crippen molar-refractivity contribution in [2.45, 2.75) is 17.4 Å². The van der Waals surface area contributed by atoms with Crippen molar-refractivity contribution >= 4 is 21.7 Å². The van der Waals surface area contributed by atoms with Gasteiger partial charge in [0.25, 0.3) is 5.69 Å². The van der Waals surface area contributed by atoms with Gasteiger partial charge in [0.15, 0.2) is 0 Å². The Morgan fingerprint density at radius 3 is 2.43 bits per heavy atom. The highest BCUT2D eigenvalue weighted by Crippen LogP contribution is 2.15. The van der Waals surface area contributed by atoms with Crippen molar-refractivity contribution in [3.8, 4) is 0 Å². The zero-order valence-corrected chi connectivity index (χ0v) is 13.0. The van der Waals surface area contributed by atoms with Gasteiger partial charge >= 0.3 is 5.97 Å². The van der Waals surface area contributed by atoms with Crippen LogP contribution in [-0.4, -0.2) is 50.1 Å². The molecule has 0 aliphatic rings. The molecule has 11 heteroatoms. The minimum atomic E-state index is -4.11. The van der Waals surface area contributed by atoms with Gasteiger partial charge in [-0.15, -0.1) is 0 Å². The maximum Gasteiger partial charge on any atom is 0.323 e. The third-order valence-electron chi connectivity index (χ3n) is 2.86. The molecule has 0 aliphatic heterocycles. The Morgan fingerprint density at radius 1 is 1.35 bits per heavy atom. The summed E-state index contributed by atoms with van der Waals surface area (Å²) in [4.78, 5) is 20.8. The molecule has 0 aromatic heterocycles. The van der Waals surface area contributed by atoms with Crippen molar-refractivity contribution in [2.75, 3.05) is 19.6 Å². The van der Waals surface area contributed by atoms with Gasteiger partial charge in [0.2, 0.25) is 10.0 Å². The van der Waals surface area contributed by atoms with E-state index in [0.717, 1.165) is 24.3 Å². The number of nitrogens with zero attached hydrogens (tertiary/aromatic N) is 1. The summed E-state index contributed by atoms with van der Waals surface area (Å²) in [6.45, 7) is 0.778. The molecular formula is C12H18N4O6S. The second kappa shape index (κ2) is 8.53. The highest BCUT2D eigenvalue weighted by atomic mass is 32.2. The Hall–Kier alpha value is -2.08. The first kappa shape index (κ1) is 19.0. The van der Waals surface area contributed by atoms with Crippen LogP contribution >= 0.6 is 0 Å². The number of carboxylic acids is 1. The van der Waals surface area contributed by atoms with E-state index >= 15 is 0 Å². The summed E-state index contributed by atoms with van der Waals surface area (Å²) in [5.74, 6) is -1.34. The van der Waals surface area contributed by atoms with Crippen LogP contribution in [0.5, 0.6) is 0 Å². The van der Waals surface area contributed by atoms with Gasteiger partial charge in [-0.3, -0.25) is 14.9 Å². The van der Waals surface area contributed by atoms with E-state index in [9.17, 15) is 23.3 Å². The molecule has 0 spiro atoms. The van der Waals surface area contributed by atoms with Gasteiger partial charge in [0.1, 0.15) is 6.04 Å². The number of nitrogens with two attached hydrogens (primary N) is 1. The van der Waals surface area contributed by atoms with Crippen LogP contribution in [0, 0.1) is 10.1 Å². The van der Waals surface area contributed by atoms with Gasteiger partial charge in [-0.25, -0.2) is 8.42 Å². The fourth-order valence-corrected chi connectivity index (χ4v) is 2.84. The average Bonchev–Trinajstić information content (AvgIpc) is 2.50. The second-order valence-corrected chi connectivity index (χ2v) is 6.32. The molecule has 10 nitrogen and oxygen atoms in total. The van der Waals surface area contributed by atoms with Gasteiger partial charge in [-0.05, 0) is 31.6 Å². The highest BCUT2D eigenvalue weighted by molar-refractivity contribution is 7.89. The summed E-state index contributed by atoms with van der Waals surface area (Å²) in [5, 5.41) is 22.4. The Morgan fingerprint density at radius 2 is 1.96 bits per heavy atom. The fourth-order valence-electron chi connectivity index (χ4n) is 1.66. The topological polar surface area (TPSA) is 165 Å². The van der Waals surface area contributed by atoms with Crippen molar-refractivity contribution in [2.24, 2.45) is 5.73 Å². The molecule has 0 fully saturated rings. The lowest BCUT2D eigenvalue weighted by Crippen LogP contribution is -2.47. The Kier molecular flexibility index (Phi) is 7.03. The van der Waals surface area contributed by atoms with Crippen LogP contribution in [0.1, 0.15) is 6.42 Å². The van der Waals surface area contributed by atoms with Crippen molar-refractivity contribution in [3.05, 3.63) is 34.4 Å². The molecule has 1 rings (SSSR count). The molecule has 0 amide bonds. The lowest BCUT2D eigenvalue weighted by Gasteiger charge is -2.15. The van der Waals surface area contributed by atoms with E-state index in [0.29, 0.717) is 19.5 Å². The monoisotopic (exact) mass is 346 g/mol. The zero-order valence-electron chi connectivity index (χ0n) is 12.1. The first-order valence-corrected chi connectivity index (χ1v) is 8.16. The van der Waals surface area contributed by atoms with Crippen molar-refractivity contribution in [1.82, 2.24) is 10.0 Å². The first-order valence-electron chi connectivity index (χ1n) is 6.68. The minimum Gasteiger partial charge on any atom is -0.480 e. The Bertz CT molecular complexity index is 646. The highest BCUT2D eigenvalue weighted by Gasteiger charge is 2.25. The summed E-state index contributed by atoms with van der Waals surface area (Å²) in [6.07, 6.45) is 0.626. The molecule has 0 saturated carbocycles. The molecule has 0 heterocycles. The normalized spacial score (nSPS) is 12.7. The fraction of sp³-hybridized carbons (Fsp3) is 0.417. The number of rotatable bonds is 10. The third kappa shape index (κ3) is 5.90. The van der Waals surface area contributed by atoms with Crippen LogP contribution < -0.4 is 15.8 Å². The van der Waals surface area contributed by atoms with Gasteiger partial charge < -0.3 is 16.2 Å². The number of nitrogens with one attached hydrogen (secondary N) is 2. The third-order valence-corrected chi connectivity index (χ3v) is 4.35. The molecule has 0 unspecified atom stereocenters. The molecule has 0 saturated heterocycles. The molecule has 0 aliphatic carbocycles. The van der Waals surface area contributed by atoms with E-state index < -0.39 is 27.0 Å². The summed E-state index contributed by atoms with van der Waals surface area (Å²) in [6, 6.07) is 2.78. The molecule has 128 valence electrons. The van der Waals surface area contributed by atoms with Crippen LogP contribution in [-0.2, 0) is 14.8 Å². The zero-order chi connectivity index (χ0) is 17.5. The maximum atomic E-state index is 12.1. The van der Waals surface area contributed by atoms with Crippen LogP contribution in [0.2, 0.25) is 0 Å². The first-order chi connectivity index (χ1) is 10.8. The molecule has 1 aromatic rings. The SMILES string of the molecule is NCCCNC[C@H](NS(=O)(=O)c1ccc([N+](=O)[O-])cc1)C(=O)O. The van der Waals surface area contributed by atoms with Crippen LogP contribution in [0.3, 0.4) is 0 Å². The molecule has 1 aromatic carbocycles. The van der Waals surface area contributed by atoms with Gasteiger partial charge in [-0.2, -0.15) is 4.72 Å². The number of carbonyl (C=O) groups is 1. The minimum absolute atomic E-state index is 0.110. The van der Waals surface area contributed by atoms with E-state index in [1.165, 1.54) is 0 Å². The van der Waals surface area contributed by atoms with Gasteiger partial charge in [-0.1, -0.05) is 0 Å². The molecular weight excluding hydrogens is 328 g/mol. The van der Waals surface area contributed by atoms with E-state index in [-0.39, 0.29) is 17.1 Å². The number of aliphatic carboxylic acids is 1. The lowest BCUT2D eigenvalue weighted by atomic mass is 10.3. The van der Waals surface area contributed by atoms with Crippen LogP contribution in [0.25, 0.3) is 0 Å². The van der Waals surface area contributed by atoms with Crippen LogP contribution in [0.15, 0.2) is 29.2 Å². The largest absolute Gasteiger partial charge is 0.480 e. The Balaban J connectivity index is 2.80. The summed E-state index contributed by atoms with van der Waals surface area (Å²) >= 11 is 0. The number of nitro groups is 1. The van der Waals surface area contributed by atoms with Crippen molar-refractivity contribution in [1.29, 1.82) is 0 Å². The molecule has 1 atom stereocenters. The summed E-state index contributed by atoms with van der Waals surface area (Å²) in [7, 11) is -4.11. The summed E-state index contributed by atoms with van der Waals surface area (Å²) in [5.41, 5.74) is 5.04. The van der Waals surface area contributed by atoms with Gasteiger partial charge in [0, 0.05) is 18.7 Å². The van der Waals surface area contributed by atoms with Crippen molar-refractivity contribution in [3.63, 3.8) is 0 Å². The molecule has 0 radical (unpaired) electrons. The number of nitro benzene ring substituents is 1. The number of carboxylic acid groups (broad SMARTS) is 1. The van der Waals surface area contributed by atoms with Gasteiger partial charge in [0.05, 0.1) is 9.82 Å². The molecule has 0 bridgehead atoms. The summed E-state index contributed by atoms with van der Waals surface area (Å²) < 4.78 is 26.3. The standard InChI is InChI=1S/C12H18N4O6S/c13-6-1-7-14-8-11(12(17)18)15-23(21,22)10-4-2-9(3-5-10)16(19)20/h2-5,11,14-15H,1,6-8,13H2,(H,17,18)/t11-/m0/s1. The molecule has 5 N–H and O–H groups in total. The smallest absolute Gasteiger partial charge is 0.323 e.